The summed E-state index contributed by atoms with van der Waals surface area (Å²) in [6.45, 7) is 2.65. The van der Waals surface area contributed by atoms with Crippen LogP contribution in [0.3, 0.4) is 0 Å². The van der Waals surface area contributed by atoms with Gasteiger partial charge in [0.25, 0.3) is 0 Å². The maximum atomic E-state index is 5.33. The Morgan fingerprint density at radius 1 is 1.41 bits per heavy atom. The summed E-state index contributed by atoms with van der Waals surface area (Å²) in [6, 6.07) is 0. The SMILES string of the molecule is COc1c(CNc2cnn(C)c2)c(C)nn1C. The topological polar surface area (TPSA) is 56.9 Å². The molecule has 6 nitrogen and oxygen atoms in total. The molecule has 0 aliphatic heterocycles. The molecule has 17 heavy (non-hydrogen) atoms. The molecule has 2 aromatic rings. The van der Waals surface area contributed by atoms with Crippen LogP contribution < -0.4 is 10.1 Å². The first-order valence-electron chi connectivity index (χ1n) is 5.40. The third kappa shape index (κ3) is 2.25. The fourth-order valence-electron chi connectivity index (χ4n) is 1.84. The van der Waals surface area contributed by atoms with Gasteiger partial charge in [-0.25, -0.2) is 4.68 Å². The Balaban J connectivity index is 2.13. The van der Waals surface area contributed by atoms with E-state index in [4.69, 9.17) is 4.74 Å². The Bertz CT molecular complexity index is 514. The van der Waals surface area contributed by atoms with E-state index < -0.39 is 0 Å². The highest BCUT2D eigenvalue weighted by Crippen LogP contribution is 2.21. The number of nitrogens with zero attached hydrogens (tertiary/aromatic N) is 4. The second-order valence-electron chi connectivity index (χ2n) is 3.95. The molecule has 0 saturated carbocycles. The van der Waals surface area contributed by atoms with Crippen LogP contribution in [0.15, 0.2) is 12.4 Å². The highest BCUT2D eigenvalue weighted by Gasteiger charge is 2.13. The van der Waals surface area contributed by atoms with Crippen molar-refractivity contribution in [3.8, 4) is 5.88 Å². The Morgan fingerprint density at radius 3 is 2.76 bits per heavy atom. The minimum absolute atomic E-state index is 0.675. The van der Waals surface area contributed by atoms with Gasteiger partial charge in [0.05, 0.1) is 30.3 Å². The summed E-state index contributed by atoms with van der Waals surface area (Å²) in [4.78, 5) is 0. The number of ether oxygens (including phenoxy) is 1. The second kappa shape index (κ2) is 4.48. The summed E-state index contributed by atoms with van der Waals surface area (Å²) in [5.41, 5.74) is 3.03. The van der Waals surface area contributed by atoms with Crippen LogP contribution in [0, 0.1) is 6.92 Å². The molecule has 0 aromatic carbocycles. The number of hydrogen-bond acceptors (Lipinski definition) is 4. The average molecular weight is 235 g/mol. The first kappa shape index (κ1) is 11.5. The molecular weight excluding hydrogens is 218 g/mol. The van der Waals surface area contributed by atoms with Gasteiger partial charge < -0.3 is 10.1 Å². The molecule has 6 heteroatoms. The predicted molar refractivity (Wildman–Crippen MR) is 65.0 cm³/mol. The predicted octanol–water partition coefficient (Wildman–Crippen LogP) is 1.08. The van der Waals surface area contributed by atoms with Crippen LogP contribution in [0.4, 0.5) is 5.69 Å². The molecule has 2 aromatic heterocycles. The van der Waals surface area contributed by atoms with E-state index in [1.165, 1.54) is 0 Å². The molecule has 92 valence electrons. The maximum absolute atomic E-state index is 5.33. The Morgan fingerprint density at radius 2 is 2.18 bits per heavy atom. The van der Waals surface area contributed by atoms with E-state index in [0.717, 1.165) is 22.8 Å². The minimum atomic E-state index is 0.675. The van der Waals surface area contributed by atoms with Crippen molar-refractivity contribution in [3.05, 3.63) is 23.7 Å². The van der Waals surface area contributed by atoms with Crippen LogP contribution in [0.1, 0.15) is 11.3 Å². The lowest BCUT2D eigenvalue weighted by Gasteiger charge is -2.06. The zero-order valence-corrected chi connectivity index (χ0v) is 10.6. The molecule has 0 saturated heterocycles. The largest absolute Gasteiger partial charge is 0.481 e. The van der Waals surface area contributed by atoms with Gasteiger partial charge in [0, 0.05) is 26.8 Å². The molecular formula is C11H17N5O. The van der Waals surface area contributed by atoms with Gasteiger partial charge in [0.2, 0.25) is 5.88 Å². The quantitative estimate of drug-likeness (QED) is 0.861. The lowest BCUT2D eigenvalue weighted by Crippen LogP contribution is -2.02. The van der Waals surface area contributed by atoms with Crippen LogP contribution >= 0.6 is 0 Å². The minimum Gasteiger partial charge on any atom is -0.481 e. The van der Waals surface area contributed by atoms with E-state index >= 15 is 0 Å². The monoisotopic (exact) mass is 235 g/mol. The summed E-state index contributed by atoms with van der Waals surface area (Å²) in [5, 5.41) is 11.7. The molecule has 0 aliphatic rings. The molecule has 0 atom stereocenters. The van der Waals surface area contributed by atoms with Gasteiger partial charge in [-0.05, 0) is 6.92 Å². The standard InChI is InChI=1S/C11H17N5O/c1-8-10(11(17-4)16(3)14-8)6-12-9-5-13-15(2)7-9/h5,7,12H,6H2,1-4H3. The molecule has 1 N–H and O–H groups in total. The lowest BCUT2D eigenvalue weighted by atomic mass is 10.2. The van der Waals surface area contributed by atoms with Crippen molar-refractivity contribution in [2.45, 2.75) is 13.5 Å². The van der Waals surface area contributed by atoms with Crippen LogP contribution in [0.5, 0.6) is 5.88 Å². The summed E-state index contributed by atoms with van der Waals surface area (Å²) in [7, 11) is 5.42. The highest BCUT2D eigenvalue weighted by molar-refractivity contribution is 5.41. The number of rotatable bonds is 4. The number of anilines is 1. The number of hydrogen-bond donors (Lipinski definition) is 1. The summed E-state index contributed by atoms with van der Waals surface area (Å²) in [5.74, 6) is 0.791. The van der Waals surface area contributed by atoms with Crippen molar-refractivity contribution in [3.63, 3.8) is 0 Å². The van der Waals surface area contributed by atoms with Crippen LogP contribution in [-0.4, -0.2) is 26.7 Å². The van der Waals surface area contributed by atoms with E-state index in [2.05, 4.69) is 15.5 Å². The molecule has 0 fully saturated rings. The smallest absolute Gasteiger partial charge is 0.216 e. The van der Waals surface area contributed by atoms with Crippen molar-refractivity contribution < 1.29 is 4.74 Å². The molecule has 2 heterocycles. The molecule has 0 aliphatic carbocycles. The van der Waals surface area contributed by atoms with Crippen molar-refractivity contribution in [2.24, 2.45) is 14.1 Å². The fourth-order valence-corrected chi connectivity index (χ4v) is 1.84. The van der Waals surface area contributed by atoms with Gasteiger partial charge in [0.1, 0.15) is 0 Å². The Labute approximate surface area is 100 Å². The summed E-state index contributed by atoms with van der Waals surface area (Å²) in [6.07, 6.45) is 3.72. The maximum Gasteiger partial charge on any atom is 0.216 e. The van der Waals surface area contributed by atoms with Crippen molar-refractivity contribution in [1.29, 1.82) is 0 Å². The lowest BCUT2D eigenvalue weighted by molar-refractivity contribution is 0.370. The molecule has 0 radical (unpaired) electrons. The van der Waals surface area contributed by atoms with Crippen molar-refractivity contribution in [2.75, 3.05) is 12.4 Å². The highest BCUT2D eigenvalue weighted by atomic mass is 16.5. The number of aryl methyl sites for hydroxylation is 3. The normalized spacial score (nSPS) is 10.6. The molecule has 0 bridgehead atoms. The Hall–Kier alpha value is -1.98. The third-order valence-corrected chi connectivity index (χ3v) is 2.66. The summed E-state index contributed by atoms with van der Waals surface area (Å²) >= 11 is 0. The fraction of sp³-hybridized carbons (Fsp3) is 0.455. The van der Waals surface area contributed by atoms with E-state index in [1.807, 2.05) is 27.2 Å². The molecule has 0 unspecified atom stereocenters. The van der Waals surface area contributed by atoms with E-state index in [1.54, 1.807) is 22.7 Å². The second-order valence-corrected chi connectivity index (χ2v) is 3.95. The van der Waals surface area contributed by atoms with E-state index in [9.17, 15) is 0 Å². The average Bonchev–Trinajstić information content (AvgIpc) is 2.80. The molecule has 0 spiro atoms. The van der Waals surface area contributed by atoms with E-state index in [0.29, 0.717) is 6.54 Å². The zero-order valence-electron chi connectivity index (χ0n) is 10.6. The molecule has 2 rings (SSSR count). The van der Waals surface area contributed by atoms with Gasteiger partial charge in [-0.1, -0.05) is 0 Å². The van der Waals surface area contributed by atoms with E-state index in [-0.39, 0.29) is 0 Å². The Kier molecular flexibility index (Phi) is 3.03. The third-order valence-electron chi connectivity index (χ3n) is 2.66. The number of methoxy groups -OCH3 is 1. The van der Waals surface area contributed by atoms with Crippen LogP contribution in [0.25, 0.3) is 0 Å². The molecule has 0 amide bonds. The van der Waals surface area contributed by atoms with Gasteiger partial charge in [-0.15, -0.1) is 0 Å². The van der Waals surface area contributed by atoms with Crippen molar-refractivity contribution in [1.82, 2.24) is 19.6 Å². The van der Waals surface area contributed by atoms with Gasteiger partial charge in [-0.2, -0.15) is 10.2 Å². The van der Waals surface area contributed by atoms with Crippen LogP contribution in [-0.2, 0) is 20.6 Å². The first-order chi connectivity index (χ1) is 8.11. The number of nitrogens with one attached hydrogen (secondary N) is 1. The number of aromatic nitrogens is 4. The zero-order chi connectivity index (χ0) is 12.4. The van der Waals surface area contributed by atoms with Crippen molar-refractivity contribution >= 4 is 5.69 Å². The van der Waals surface area contributed by atoms with Crippen LogP contribution in [0.2, 0.25) is 0 Å². The first-order valence-corrected chi connectivity index (χ1v) is 5.40. The summed E-state index contributed by atoms with van der Waals surface area (Å²) < 4.78 is 8.84. The van der Waals surface area contributed by atoms with Gasteiger partial charge in [-0.3, -0.25) is 4.68 Å². The van der Waals surface area contributed by atoms with Gasteiger partial charge >= 0.3 is 0 Å². The van der Waals surface area contributed by atoms with Gasteiger partial charge in [0.15, 0.2) is 0 Å².